The summed E-state index contributed by atoms with van der Waals surface area (Å²) >= 11 is 0. The highest BCUT2D eigenvalue weighted by Gasteiger charge is 2.27. The van der Waals surface area contributed by atoms with E-state index in [1.54, 1.807) is 24.1 Å². The van der Waals surface area contributed by atoms with E-state index in [4.69, 9.17) is 5.73 Å². The van der Waals surface area contributed by atoms with Gasteiger partial charge in [-0.25, -0.2) is 4.39 Å². The number of carbonyl (C=O) groups excluding carboxylic acids is 1. The highest BCUT2D eigenvalue weighted by molar-refractivity contribution is 5.78. The fraction of sp³-hybridized carbons (Fsp3) is 0.462. The number of halogens is 1. The van der Waals surface area contributed by atoms with Crippen molar-refractivity contribution in [3.8, 4) is 0 Å². The van der Waals surface area contributed by atoms with Crippen molar-refractivity contribution < 1.29 is 9.18 Å². The van der Waals surface area contributed by atoms with Crippen LogP contribution in [0.15, 0.2) is 24.3 Å². The predicted octanol–water partition coefficient (Wildman–Crippen LogP) is 0.600. The van der Waals surface area contributed by atoms with E-state index in [0.29, 0.717) is 19.6 Å². The molecule has 1 amide bonds. The van der Waals surface area contributed by atoms with E-state index < -0.39 is 0 Å². The topological polar surface area (TPSA) is 49.6 Å². The number of hydrogen-bond acceptors (Lipinski definition) is 3. The summed E-state index contributed by atoms with van der Waals surface area (Å²) in [6, 6.07) is 6.29. The fourth-order valence-electron chi connectivity index (χ4n) is 2.22. The molecule has 0 aliphatic carbocycles. The molecule has 0 radical (unpaired) electrons. The van der Waals surface area contributed by atoms with Crippen LogP contribution in [0.5, 0.6) is 0 Å². The average Bonchev–Trinajstić information content (AvgIpc) is 2.37. The third-order valence-corrected chi connectivity index (χ3v) is 3.41. The first-order chi connectivity index (χ1) is 8.61. The average molecular weight is 251 g/mol. The Hall–Kier alpha value is -1.46. The van der Waals surface area contributed by atoms with Crippen molar-refractivity contribution >= 4 is 5.91 Å². The number of benzene rings is 1. The first kappa shape index (κ1) is 13.0. The van der Waals surface area contributed by atoms with Crippen molar-refractivity contribution in [2.75, 3.05) is 33.2 Å². The van der Waals surface area contributed by atoms with Gasteiger partial charge in [-0.05, 0) is 17.7 Å². The predicted molar refractivity (Wildman–Crippen MR) is 67.4 cm³/mol. The van der Waals surface area contributed by atoms with Crippen LogP contribution in [0.25, 0.3) is 0 Å². The largest absolute Gasteiger partial charge is 0.343 e. The monoisotopic (exact) mass is 251 g/mol. The zero-order valence-corrected chi connectivity index (χ0v) is 10.5. The number of rotatable bonds is 3. The van der Waals surface area contributed by atoms with Crippen LogP contribution in [0.1, 0.15) is 11.6 Å². The molecule has 0 aromatic heterocycles. The zero-order valence-electron chi connectivity index (χ0n) is 10.5. The molecule has 0 spiro atoms. The van der Waals surface area contributed by atoms with Crippen LogP contribution in [-0.4, -0.2) is 48.9 Å². The molecule has 1 atom stereocenters. The molecule has 18 heavy (non-hydrogen) atoms. The van der Waals surface area contributed by atoms with Crippen LogP contribution >= 0.6 is 0 Å². The van der Waals surface area contributed by atoms with E-state index in [0.717, 1.165) is 12.1 Å². The molecule has 0 bridgehead atoms. The molecule has 1 aromatic rings. The number of piperazine rings is 1. The number of likely N-dealkylation sites (N-methyl/N-ethyl adjacent to an activating group) is 1. The summed E-state index contributed by atoms with van der Waals surface area (Å²) in [5.41, 5.74) is 6.75. The molecule has 2 N–H and O–H groups in total. The van der Waals surface area contributed by atoms with Gasteiger partial charge in [-0.15, -0.1) is 0 Å². The van der Waals surface area contributed by atoms with E-state index in [9.17, 15) is 9.18 Å². The van der Waals surface area contributed by atoms with Gasteiger partial charge in [0.25, 0.3) is 0 Å². The number of nitrogens with zero attached hydrogens (tertiary/aromatic N) is 2. The van der Waals surface area contributed by atoms with Gasteiger partial charge in [-0.1, -0.05) is 12.1 Å². The van der Waals surface area contributed by atoms with Crippen LogP contribution in [0.4, 0.5) is 4.39 Å². The molecular weight excluding hydrogens is 233 g/mol. The minimum atomic E-state index is -0.260. The molecule has 1 fully saturated rings. The maximum Gasteiger partial charge on any atom is 0.236 e. The van der Waals surface area contributed by atoms with Crippen molar-refractivity contribution in [1.29, 1.82) is 0 Å². The minimum Gasteiger partial charge on any atom is -0.343 e. The second kappa shape index (κ2) is 5.46. The van der Waals surface area contributed by atoms with Crippen LogP contribution in [0.2, 0.25) is 0 Å². The quantitative estimate of drug-likeness (QED) is 0.856. The molecular formula is C13H18FN3O. The third kappa shape index (κ3) is 2.68. The number of hydrogen-bond donors (Lipinski definition) is 1. The van der Waals surface area contributed by atoms with E-state index in [-0.39, 0.29) is 17.8 Å². The lowest BCUT2D eigenvalue weighted by Crippen LogP contribution is -2.50. The Morgan fingerprint density at radius 1 is 1.33 bits per heavy atom. The molecule has 1 aliphatic heterocycles. The SMILES string of the molecule is CN1CCN(C(CN)c2ccc(F)cc2)CC1=O. The zero-order chi connectivity index (χ0) is 13.1. The molecule has 98 valence electrons. The normalized spacial score (nSPS) is 19.1. The van der Waals surface area contributed by atoms with E-state index in [2.05, 4.69) is 4.90 Å². The maximum atomic E-state index is 12.9. The molecule has 1 aromatic carbocycles. The summed E-state index contributed by atoms with van der Waals surface area (Å²) in [6.07, 6.45) is 0. The maximum absolute atomic E-state index is 12.9. The van der Waals surface area contributed by atoms with Gasteiger partial charge in [0.15, 0.2) is 0 Å². The van der Waals surface area contributed by atoms with Gasteiger partial charge in [0, 0.05) is 32.7 Å². The summed E-state index contributed by atoms with van der Waals surface area (Å²) in [5, 5.41) is 0. The molecule has 1 heterocycles. The highest BCUT2D eigenvalue weighted by Crippen LogP contribution is 2.21. The molecule has 1 saturated heterocycles. The Morgan fingerprint density at radius 2 is 2.00 bits per heavy atom. The Bertz CT molecular complexity index is 421. The molecule has 1 aliphatic rings. The third-order valence-electron chi connectivity index (χ3n) is 3.41. The van der Waals surface area contributed by atoms with E-state index >= 15 is 0 Å². The van der Waals surface area contributed by atoms with Crippen molar-refractivity contribution in [3.63, 3.8) is 0 Å². The first-order valence-electron chi connectivity index (χ1n) is 6.05. The van der Waals surface area contributed by atoms with Crippen LogP contribution in [-0.2, 0) is 4.79 Å². The van der Waals surface area contributed by atoms with Crippen LogP contribution in [0, 0.1) is 5.82 Å². The Balaban J connectivity index is 2.13. The second-order valence-electron chi connectivity index (χ2n) is 4.59. The van der Waals surface area contributed by atoms with Gasteiger partial charge in [0.2, 0.25) is 5.91 Å². The van der Waals surface area contributed by atoms with E-state index in [1.165, 1.54) is 12.1 Å². The summed E-state index contributed by atoms with van der Waals surface area (Å²) in [6.45, 7) is 2.29. The van der Waals surface area contributed by atoms with Crippen molar-refractivity contribution in [2.24, 2.45) is 5.73 Å². The number of nitrogens with two attached hydrogens (primary N) is 1. The van der Waals surface area contributed by atoms with Gasteiger partial charge in [0.1, 0.15) is 5.82 Å². The van der Waals surface area contributed by atoms with Gasteiger partial charge in [0.05, 0.1) is 6.54 Å². The highest BCUT2D eigenvalue weighted by atomic mass is 19.1. The summed E-state index contributed by atoms with van der Waals surface area (Å²) in [4.78, 5) is 15.5. The molecule has 0 saturated carbocycles. The lowest BCUT2D eigenvalue weighted by Gasteiger charge is -2.37. The lowest BCUT2D eigenvalue weighted by molar-refractivity contribution is -0.135. The molecule has 2 rings (SSSR count). The molecule has 4 nitrogen and oxygen atoms in total. The molecule has 5 heteroatoms. The van der Waals surface area contributed by atoms with Gasteiger partial charge < -0.3 is 10.6 Å². The van der Waals surface area contributed by atoms with Crippen molar-refractivity contribution in [2.45, 2.75) is 6.04 Å². The van der Waals surface area contributed by atoms with Gasteiger partial charge in [-0.2, -0.15) is 0 Å². The van der Waals surface area contributed by atoms with Gasteiger partial charge >= 0.3 is 0 Å². The second-order valence-corrected chi connectivity index (χ2v) is 4.59. The summed E-state index contributed by atoms with van der Waals surface area (Å²) < 4.78 is 12.9. The fourth-order valence-corrected chi connectivity index (χ4v) is 2.22. The number of carbonyl (C=O) groups is 1. The first-order valence-corrected chi connectivity index (χ1v) is 6.05. The Morgan fingerprint density at radius 3 is 2.56 bits per heavy atom. The summed E-state index contributed by atoms with van der Waals surface area (Å²) in [5.74, 6) is -0.161. The van der Waals surface area contributed by atoms with Gasteiger partial charge in [-0.3, -0.25) is 9.69 Å². The Kier molecular flexibility index (Phi) is 3.93. The smallest absolute Gasteiger partial charge is 0.236 e. The Labute approximate surface area is 106 Å². The minimum absolute atomic E-state index is 0.0248. The standard InChI is InChI=1S/C13H18FN3O/c1-16-6-7-17(9-13(16)18)12(8-15)10-2-4-11(14)5-3-10/h2-5,12H,6-9,15H2,1H3. The van der Waals surface area contributed by atoms with Crippen molar-refractivity contribution in [3.05, 3.63) is 35.6 Å². The van der Waals surface area contributed by atoms with Crippen molar-refractivity contribution in [1.82, 2.24) is 9.80 Å². The van der Waals surface area contributed by atoms with Crippen LogP contribution < -0.4 is 5.73 Å². The summed E-state index contributed by atoms with van der Waals surface area (Å²) in [7, 11) is 1.80. The number of amides is 1. The van der Waals surface area contributed by atoms with E-state index in [1.807, 2.05) is 0 Å². The van der Waals surface area contributed by atoms with Crippen LogP contribution in [0.3, 0.4) is 0 Å². The molecule has 1 unspecified atom stereocenters. The lowest BCUT2D eigenvalue weighted by atomic mass is 10.0.